The Hall–Kier alpha value is -3.10. The van der Waals surface area contributed by atoms with Gasteiger partial charge < -0.3 is 19.8 Å². The number of nitrogens with zero attached hydrogens (tertiary/aromatic N) is 4. The summed E-state index contributed by atoms with van der Waals surface area (Å²) >= 11 is 1.12. The van der Waals surface area contributed by atoms with Crippen molar-refractivity contribution >= 4 is 49.3 Å². The first kappa shape index (κ1) is 24.5. The van der Waals surface area contributed by atoms with Gasteiger partial charge in [-0.15, -0.1) is 11.3 Å². The highest BCUT2D eigenvalue weighted by atomic mass is 32.2. The van der Waals surface area contributed by atoms with Gasteiger partial charge >= 0.3 is 11.9 Å². The number of sulfonamides is 1. The number of ether oxygens (including phenoxy) is 2. The van der Waals surface area contributed by atoms with E-state index in [0.717, 1.165) is 11.3 Å². The Morgan fingerprint density at radius 1 is 1.21 bits per heavy atom. The molecule has 178 valence electrons. The number of aromatic nitrogens is 4. The van der Waals surface area contributed by atoms with Crippen LogP contribution in [0.2, 0.25) is 0 Å². The van der Waals surface area contributed by atoms with Crippen LogP contribution in [-0.2, 0) is 37.9 Å². The molecular weight excluding hydrogens is 472 g/mol. The first-order valence-electron chi connectivity index (χ1n) is 9.91. The Balaban J connectivity index is 1.59. The van der Waals surface area contributed by atoms with Crippen LogP contribution in [0.3, 0.4) is 0 Å². The van der Waals surface area contributed by atoms with Crippen LogP contribution >= 0.6 is 11.3 Å². The molecular formula is C19H24N6O6S2. The summed E-state index contributed by atoms with van der Waals surface area (Å²) in [7, 11) is -2.15. The Kier molecular flexibility index (Phi) is 7.29. The van der Waals surface area contributed by atoms with Gasteiger partial charge in [0.05, 0.1) is 18.4 Å². The number of hydrogen-bond acceptors (Lipinski definition) is 11. The minimum atomic E-state index is -3.84. The zero-order valence-corrected chi connectivity index (χ0v) is 20.2. The third-order valence-corrected chi connectivity index (χ3v) is 7.17. The molecule has 0 aliphatic heterocycles. The monoisotopic (exact) mass is 496 g/mol. The van der Waals surface area contributed by atoms with E-state index in [1.165, 1.54) is 6.20 Å². The maximum atomic E-state index is 12.2. The van der Waals surface area contributed by atoms with Crippen LogP contribution in [0.4, 0.5) is 5.82 Å². The number of carbonyl (C=O) groups is 2. The number of anilines is 1. The van der Waals surface area contributed by atoms with Crippen molar-refractivity contribution in [3.8, 4) is 0 Å². The number of nitrogens with one attached hydrogen (secondary N) is 1. The molecule has 33 heavy (non-hydrogen) atoms. The van der Waals surface area contributed by atoms with Crippen LogP contribution in [0.1, 0.15) is 40.2 Å². The number of rotatable bonds is 9. The second kappa shape index (κ2) is 9.80. The van der Waals surface area contributed by atoms with Gasteiger partial charge in [0.15, 0.2) is 17.5 Å². The van der Waals surface area contributed by atoms with Crippen LogP contribution < -0.4 is 10.5 Å². The molecule has 0 radical (unpaired) electrons. The number of nitrogen functional groups attached to an aromatic ring is 1. The number of esters is 2. The quantitative estimate of drug-likeness (QED) is 0.411. The lowest BCUT2D eigenvalue weighted by Gasteiger charge is -2.06. The molecule has 0 amide bonds. The van der Waals surface area contributed by atoms with Crippen LogP contribution in [0.25, 0.3) is 10.2 Å². The Morgan fingerprint density at radius 2 is 1.94 bits per heavy atom. The predicted octanol–water partition coefficient (Wildman–Crippen LogP) is 1.21. The second-order valence-corrected chi connectivity index (χ2v) is 9.74. The summed E-state index contributed by atoms with van der Waals surface area (Å²) in [5.41, 5.74) is 6.66. The van der Waals surface area contributed by atoms with Gasteiger partial charge in [0.2, 0.25) is 0 Å². The largest absolute Gasteiger partial charge is 0.462 e. The molecule has 0 spiro atoms. The SMILES string of the molecule is CCOC(=O)c1sc2nc(COC(=O)CCNS(=O)(=O)c3cn(C)c(C)n3)nc(N)c2c1C. The van der Waals surface area contributed by atoms with Gasteiger partial charge in [0.25, 0.3) is 10.0 Å². The molecule has 0 aliphatic carbocycles. The van der Waals surface area contributed by atoms with Crippen molar-refractivity contribution in [2.24, 2.45) is 7.05 Å². The van der Waals surface area contributed by atoms with Crippen molar-refractivity contribution in [1.82, 2.24) is 24.2 Å². The lowest BCUT2D eigenvalue weighted by Crippen LogP contribution is -2.27. The standard InChI is InChI=1S/C19H24N6O6S2/c1-5-30-19(27)16-10(2)15-17(20)23-12(24-18(15)32-16)9-31-14(26)6-7-21-33(28,29)13-8-25(4)11(3)22-13/h8,21H,5-7,9H2,1-4H3,(H2,20,23,24). The van der Waals surface area contributed by atoms with E-state index in [1.54, 1.807) is 32.4 Å². The number of imidazole rings is 1. The minimum absolute atomic E-state index is 0.124. The molecule has 0 aliphatic rings. The van der Waals surface area contributed by atoms with Crippen LogP contribution in [0, 0.1) is 13.8 Å². The lowest BCUT2D eigenvalue weighted by atomic mass is 10.2. The summed E-state index contributed by atoms with van der Waals surface area (Å²) < 4.78 is 38.5. The van der Waals surface area contributed by atoms with Gasteiger partial charge in [-0.2, -0.15) is 0 Å². The average Bonchev–Trinajstić information content (AvgIpc) is 3.26. The molecule has 0 unspecified atom stereocenters. The molecule has 0 fully saturated rings. The summed E-state index contributed by atoms with van der Waals surface area (Å²) in [6.45, 7) is 4.95. The van der Waals surface area contributed by atoms with E-state index < -0.39 is 22.0 Å². The highest BCUT2D eigenvalue weighted by Gasteiger charge is 2.21. The molecule has 14 heteroatoms. The molecule has 3 aromatic rings. The molecule has 3 heterocycles. The van der Waals surface area contributed by atoms with Gasteiger partial charge in [-0.3, -0.25) is 4.79 Å². The van der Waals surface area contributed by atoms with Gasteiger partial charge in [-0.1, -0.05) is 0 Å². The van der Waals surface area contributed by atoms with E-state index in [-0.39, 0.29) is 42.8 Å². The van der Waals surface area contributed by atoms with E-state index in [4.69, 9.17) is 15.2 Å². The van der Waals surface area contributed by atoms with E-state index in [1.807, 2.05) is 0 Å². The van der Waals surface area contributed by atoms with E-state index in [2.05, 4.69) is 19.7 Å². The van der Waals surface area contributed by atoms with Crippen LogP contribution in [0.15, 0.2) is 11.2 Å². The van der Waals surface area contributed by atoms with Crippen molar-refractivity contribution < 1.29 is 27.5 Å². The second-order valence-electron chi connectivity index (χ2n) is 7.03. The number of hydrogen-bond donors (Lipinski definition) is 2. The smallest absolute Gasteiger partial charge is 0.348 e. The first-order valence-corrected chi connectivity index (χ1v) is 12.2. The Bertz CT molecular complexity index is 1290. The zero-order valence-electron chi connectivity index (χ0n) is 18.5. The molecule has 0 aromatic carbocycles. The first-order chi connectivity index (χ1) is 15.5. The normalized spacial score (nSPS) is 11.6. The summed E-state index contributed by atoms with van der Waals surface area (Å²) in [5.74, 6) is -0.245. The van der Waals surface area contributed by atoms with Crippen LogP contribution in [0.5, 0.6) is 0 Å². The van der Waals surface area contributed by atoms with Gasteiger partial charge in [-0.05, 0) is 26.3 Å². The average molecular weight is 497 g/mol. The molecule has 0 saturated heterocycles. The lowest BCUT2D eigenvalue weighted by molar-refractivity contribution is -0.145. The van der Waals surface area contributed by atoms with Crippen molar-refractivity contribution in [1.29, 1.82) is 0 Å². The number of carbonyl (C=O) groups excluding carboxylic acids is 2. The molecule has 12 nitrogen and oxygen atoms in total. The number of thiophene rings is 1. The number of nitrogens with two attached hydrogens (primary N) is 1. The van der Waals surface area contributed by atoms with Gasteiger partial charge in [-0.25, -0.2) is 32.9 Å². The molecule has 0 bridgehead atoms. The third-order valence-electron chi connectivity index (χ3n) is 4.67. The number of aryl methyl sites for hydroxylation is 3. The van der Waals surface area contributed by atoms with Gasteiger partial charge in [0, 0.05) is 19.8 Å². The summed E-state index contributed by atoms with van der Waals surface area (Å²) in [4.78, 5) is 37.4. The topological polar surface area (TPSA) is 168 Å². The Morgan fingerprint density at radius 3 is 2.58 bits per heavy atom. The molecule has 0 saturated carbocycles. The summed E-state index contributed by atoms with van der Waals surface area (Å²) in [5, 5.41) is 0.429. The predicted molar refractivity (Wildman–Crippen MR) is 120 cm³/mol. The zero-order chi connectivity index (χ0) is 24.3. The fraction of sp³-hybridized carbons (Fsp3) is 0.421. The fourth-order valence-corrected chi connectivity index (χ4v) is 5.08. The van der Waals surface area contributed by atoms with Crippen molar-refractivity contribution in [2.75, 3.05) is 18.9 Å². The maximum absolute atomic E-state index is 12.2. The van der Waals surface area contributed by atoms with Crippen molar-refractivity contribution in [3.05, 3.63) is 28.3 Å². The molecule has 3 N–H and O–H groups in total. The highest BCUT2D eigenvalue weighted by Crippen LogP contribution is 2.33. The van der Waals surface area contributed by atoms with Gasteiger partial charge in [0.1, 0.15) is 21.3 Å². The van der Waals surface area contributed by atoms with E-state index in [9.17, 15) is 18.0 Å². The molecule has 3 rings (SSSR count). The number of fused-ring (bicyclic) bond motifs is 1. The van der Waals surface area contributed by atoms with Crippen LogP contribution in [-0.4, -0.2) is 53.0 Å². The van der Waals surface area contributed by atoms with E-state index in [0.29, 0.717) is 26.5 Å². The van der Waals surface area contributed by atoms with Crippen molar-refractivity contribution in [2.45, 2.75) is 38.8 Å². The molecule has 0 atom stereocenters. The minimum Gasteiger partial charge on any atom is -0.462 e. The highest BCUT2D eigenvalue weighted by molar-refractivity contribution is 7.89. The molecule has 3 aromatic heterocycles. The Labute approximate surface area is 194 Å². The van der Waals surface area contributed by atoms with E-state index >= 15 is 0 Å². The van der Waals surface area contributed by atoms with Crippen molar-refractivity contribution in [3.63, 3.8) is 0 Å². The maximum Gasteiger partial charge on any atom is 0.348 e. The third kappa shape index (κ3) is 5.46. The fourth-order valence-electron chi connectivity index (χ4n) is 2.91. The summed E-state index contributed by atoms with van der Waals surface area (Å²) in [6, 6.07) is 0. The summed E-state index contributed by atoms with van der Waals surface area (Å²) in [6.07, 6.45) is 1.18.